The van der Waals surface area contributed by atoms with E-state index in [1.807, 2.05) is 38.1 Å². The Morgan fingerprint density at radius 1 is 1.29 bits per heavy atom. The van der Waals surface area contributed by atoms with E-state index in [0.29, 0.717) is 18.8 Å². The molecule has 1 aromatic heterocycles. The molecule has 132 valence electrons. The van der Waals surface area contributed by atoms with E-state index in [1.54, 1.807) is 5.38 Å². The zero-order chi connectivity index (χ0) is 16.7. The van der Waals surface area contributed by atoms with E-state index in [4.69, 9.17) is 10.5 Å². The molecule has 0 bridgehead atoms. The van der Waals surface area contributed by atoms with Crippen molar-refractivity contribution in [1.29, 1.82) is 0 Å². The van der Waals surface area contributed by atoms with Gasteiger partial charge in [-0.25, -0.2) is 4.98 Å². The number of thiazole rings is 1. The van der Waals surface area contributed by atoms with Crippen LogP contribution >= 0.6 is 23.7 Å². The van der Waals surface area contributed by atoms with E-state index >= 15 is 0 Å². The second-order valence-corrected chi connectivity index (χ2v) is 6.34. The van der Waals surface area contributed by atoms with Gasteiger partial charge in [0, 0.05) is 17.5 Å². The molecule has 0 fully saturated rings. The molecule has 1 aromatic carbocycles. The lowest BCUT2D eigenvalue weighted by atomic mass is 10.2. The van der Waals surface area contributed by atoms with Crippen LogP contribution in [0, 0.1) is 0 Å². The third kappa shape index (κ3) is 6.11. The van der Waals surface area contributed by atoms with Gasteiger partial charge in [-0.2, -0.15) is 0 Å². The van der Waals surface area contributed by atoms with Crippen molar-refractivity contribution in [3.8, 4) is 16.3 Å². The molecular formula is C17H24ClN3O2S. The lowest BCUT2D eigenvalue weighted by Crippen LogP contribution is -2.25. The standard InChI is InChI=1S/C17H23N3O2S.ClH/c1-12(2)22-14-7-5-13(6-8-14)17-20-15(11-23-17)16(21)19-10-4-3-9-18;/h5-8,11-12H,3-4,9-10,18H2,1-2H3,(H,19,21);1H. The van der Waals surface area contributed by atoms with Gasteiger partial charge in [0.1, 0.15) is 16.5 Å². The Morgan fingerprint density at radius 2 is 2.00 bits per heavy atom. The van der Waals surface area contributed by atoms with E-state index in [-0.39, 0.29) is 24.4 Å². The molecular weight excluding hydrogens is 346 g/mol. The Hall–Kier alpha value is -1.63. The number of hydrogen-bond acceptors (Lipinski definition) is 5. The van der Waals surface area contributed by atoms with E-state index in [2.05, 4.69) is 10.3 Å². The topological polar surface area (TPSA) is 77.2 Å². The monoisotopic (exact) mass is 369 g/mol. The van der Waals surface area contributed by atoms with Crippen LogP contribution in [0.2, 0.25) is 0 Å². The van der Waals surface area contributed by atoms with Crippen LogP contribution in [0.4, 0.5) is 0 Å². The van der Waals surface area contributed by atoms with Gasteiger partial charge in [0.2, 0.25) is 0 Å². The van der Waals surface area contributed by atoms with Gasteiger partial charge in [0.25, 0.3) is 5.91 Å². The Labute approximate surface area is 153 Å². The molecule has 0 radical (unpaired) electrons. The Kier molecular flexibility index (Phi) is 8.74. The summed E-state index contributed by atoms with van der Waals surface area (Å²) < 4.78 is 5.62. The first kappa shape index (κ1) is 20.4. The molecule has 2 aromatic rings. The van der Waals surface area contributed by atoms with Crippen molar-refractivity contribution in [2.24, 2.45) is 5.73 Å². The largest absolute Gasteiger partial charge is 0.491 e. The zero-order valence-corrected chi connectivity index (χ0v) is 15.6. The highest BCUT2D eigenvalue weighted by atomic mass is 35.5. The molecule has 3 N–H and O–H groups in total. The second kappa shape index (κ2) is 10.3. The van der Waals surface area contributed by atoms with Gasteiger partial charge in [-0.1, -0.05) is 0 Å². The van der Waals surface area contributed by atoms with Crippen molar-refractivity contribution in [1.82, 2.24) is 10.3 Å². The molecule has 0 aliphatic heterocycles. The lowest BCUT2D eigenvalue weighted by Gasteiger charge is -2.09. The van der Waals surface area contributed by atoms with E-state index in [9.17, 15) is 4.79 Å². The summed E-state index contributed by atoms with van der Waals surface area (Å²) in [6.07, 6.45) is 1.94. The van der Waals surface area contributed by atoms with Gasteiger partial charge in [0.15, 0.2) is 0 Å². The van der Waals surface area contributed by atoms with Gasteiger partial charge < -0.3 is 15.8 Å². The molecule has 0 aliphatic carbocycles. The van der Waals surface area contributed by atoms with Crippen LogP contribution in [0.15, 0.2) is 29.6 Å². The number of nitrogens with two attached hydrogens (primary N) is 1. The van der Waals surface area contributed by atoms with Crippen LogP contribution in [0.1, 0.15) is 37.2 Å². The molecule has 0 unspecified atom stereocenters. The molecule has 0 atom stereocenters. The highest BCUT2D eigenvalue weighted by Gasteiger charge is 2.11. The van der Waals surface area contributed by atoms with Crippen molar-refractivity contribution in [2.75, 3.05) is 13.1 Å². The van der Waals surface area contributed by atoms with Crippen LogP contribution in [0.3, 0.4) is 0 Å². The maximum absolute atomic E-state index is 12.0. The first-order valence-corrected chi connectivity index (χ1v) is 8.69. The number of aromatic nitrogens is 1. The normalized spacial score (nSPS) is 10.3. The third-order valence-corrected chi connectivity index (χ3v) is 4.02. The summed E-state index contributed by atoms with van der Waals surface area (Å²) in [7, 11) is 0. The number of hydrogen-bond donors (Lipinski definition) is 2. The summed E-state index contributed by atoms with van der Waals surface area (Å²) in [5.41, 5.74) is 6.87. The summed E-state index contributed by atoms with van der Waals surface area (Å²) in [5, 5.41) is 5.47. The Bertz CT molecular complexity index is 629. The molecule has 0 saturated carbocycles. The van der Waals surface area contributed by atoms with Crippen LogP contribution in [0.5, 0.6) is 5.75 Å². The van der Waals surface area contributed by atoms with Gasteiger partial charge >= 0.3 is 0 Å². The average Bonchev–Trinajstić information content (AvgIpc) is 3.01. The average molecular weight is 370 g/mol. The third-order valence-electron chi connectivity index (χ3n) is 3.13. The van der Waals surface area contributed by atoms with Crippen LogP contribution in [0.25, 0.3) is 10.6 Å². The molecule has 2 rings (SSSR count). The van der Waals surface area contributed by atoms with Crippen molar-refractivity contribution in [3.63, 3.8) is 0 Å². The van der Waals surface area contributed by atoms with E-state index in [0.717, 1.165) is 29.2 Å². The number of nitrogens with zero attached hydrogens (tertiary/aromatic N) is 1. The summed E-state index contributed by atoms with van der Waals surface area (Å²) in [6, 6.07) is 7.76. The first-order chi connectivity index (χ1) is 11.1. The number of benzene rings is 1. The maximum Gasteiger partial charge on any atom is 0.270 e. The number of rotatable bonds is 8. The predicted molar refractivity (Wildman–Crippen MR) is 101 cm³/mol. The zero-order valence-electron chi connectivity index (χ0n) is 14.0. The summed E-state index contributed by atoms with van der Waals surface area (Å²) in [6.45, 7) is 5.26. The van der Waals surface area contributed by atoms with Crippen molar-refractivity contribution >= 4 is 29.7 Å². The van der Waals surface area contributed by atoms with Gasteiger partial charge in [-0.15, -0.1) is 23.7 Å². The molecule has 5 nitrogen and oxygen atoms in total. The number of halogens is 1. The summed E-state index contributed by atoms with van der Waals surface area (Å²) in [5.74, 6) is 0.697. The van der Waals surface area contributed by atoms with Crippen molar-refractivity contribution in [3.05, 3.63) is 35.3 Å². The predicted octanol–water partition coefficient (Wildman–Crippen LogP) is 3.49. The fourth-order valence-electron chi connectivity index (χ4n) is 2.02. The molecule has 0 aliphatic rings. The number of carbonyl (C=O) groups is 1. The van der Waals surface area contributed by atoms with E-state index < -0.39 is 0 Å². The quantitative estimate of drug-likeness (QED) is 0.698. The minimum Gasteiger partial charge on any atom is -0.491 e. The van der Waals surface area contributed by atoms with Crippen LogP contribution in [-0.4, -0.2) is 30.1 Å². The minimum absolute atomic E-state index is 0. The minimum atomic E-state index is -0.135. The Morgan fingerprint density at radius 3 is 2.62 bits per heavy atom. The fraction of sp³-hybridized carbons (Fsp3) is 0.412. The highest BCUT2D eigenvalue weighted by molar-refractivity contribution is 7.13. The van der Waals surface area contributed by atoms with Gasteiger partial charge in [0.05, 0.1) is 6.10 Å². The second-order valence-electron chi connectivity index (χ2n) is 5.48. The number of unbranched alkanes of at least 4 members (excludes halogenated alkanes) is 1. The van der Waals surface area contributed by atoms with Gasteiger partial charge in [-0.05, 0) is 57.5 Å². The maximum atomic E-state index is 12.0. The van der Waals surface area contributed by atoms with Crippen LogP contribution < -0.4 is 15.8 Å². The van der Waals surface area contributed by atoms with Crippen LogP contribution in [-0.2, 0) is 0 Å². The first-order valence-electron chi connectivity index (χ1n) is 7.81. The summed E-state index contributed by atoms with van der Waals surface area (Å²) >= 11 is 1.46. The van der Waals surface area contributed by atoms with Gasteiger partial charge in [-0.3, -0.25) is 4.79 Å². The molecule has 0 spiro atoms. The van der Waals surface area contributed by atoms with Crippen molar-refractivity contribution in [2.45, 2.75) is 32.8 Å². The number of carbonyl (C=O) groups excluding carboxylic acids is 1. The molecule has 0 saturated heterocycles. The summed E-state index contributed by atoms with van der Waals surface area (Å²) in [4.78, 5) is 16.4. The smallest absolute Gasteiger partial charge is 0.270 e. The van der Waals surface area contributed by atoms with E-state index in [1.165, 1.54) is 11.3 Å². The van der Waals surface area contributed by atoms with Crippen molar-refractivity contribution < 1.29 is 9.53 Å². The molecule has 1 heterocycles. The lowest BCUT2D eigenvalue weighted by molar-refractivity contribution is 0.0949. The fourth-order valence-corrected chi connectivity index (χ4v) is 2.83. The highest BCUT2D eigenvalue weighted by Crippen LogP contribution is 2.26. The number of ether oxygens (including phenoxy) is 1. The molecule has 1 amide bonds. The SMILES string of the molecule is CC(C)Oc1ccc(-c2nc(C(=O)NCCCCN)cs2)cc1.Cl. The number of nitrogens with one attached hydrogen (secondary N) is 1. The molecule has 7 heteroatoms. The number of amides is 1. The Balaban J connectivity index is 0.00000288. The molecule has 24 heavy (non-hydrogen) atoms.